The molecule has 1 aliphatic rings. The molecule has 7 nitrogen and oxygen atoms in total. The van der Waals surface area contributed by atoms with Crippen molar-refractivity contribution in [3.8, 4) is 5.82 Å². The summed E-state index contributed by atoms with van der Waals surface area (Å²) in [6, 6.07) is 10.5. The molecule has 0 spiro atoms. The van der Waals surface area contributed by atoms with Gasteiger partial charge in [-0.3, -0.25) is 4.79 Å². The van der Waals surface area contributed by atoms with Gasteiger partial charge in [0.15, 0.2) is 15.7 Å². The van der Waals surface area contributed by atoms with E-state index in [1.54, 1.807) is 48.9 Å². The van der Waals surface area contributed by atoms with Crippen LogP contribution in [0.1, 0.15) is 24.0 Å². The van der Waals surface area contributed by atoms with Crippen LogP contribution in [0.15, 0.2) is 59.9 Å². The van der Waals surface area contributed by atoms with Crippen molar-refractivity contribution in [1.82, 2.24) is 14.8 Å². The lowest BCUT2D eigenvalue weighted by Crippen LogP contribution is -2.19. The summed E-state index contributed by atoms with van der Waals surface area (Å²) in [6.07, 6.45) is 7.78. The molecule has 2 aromatic heterocycles. The molecule has 0 bridgehead atoms. The van der Waals surface area contributed by atoms with E-state index < -0.39 is 9.84 Å². The number of sulfone groups is 1. The Morgan fingerprint density at radius 2 is 1.96 bits per heavy atom. The summed E-state index contributed by atoms with van der Waals surface area (Å²) in [6.45, 7) is 0. The van der Waals surface area contributed by atoms with E-state index in [1.807, 2.05) is 6.07 Å². The summed E-state index contributed by atoms with van der Waals surface area (Å²) in [4.78, 5) is 16.9. The van der Waals surface area contributed by atoms with E-state index in [4.69, 9.17) is 0 Å². The molecular weight excluding hydrogens is 376 g/mol. The Kier molecular flexibility index (Phi) is 4.95. The summed E-state index contributed by atoms with van der Waals surface area (Å²) in [5, 5.41) is 6.85. The molecule has 1 aromatic carbocycles. The molecule has 1 aliphatic carbocycles. The number of amides is 1. The molecule has 1 N–H and O–H groups in total. The van der Waals surface area contributed by atoms with Gasteiger partial charge in [-0.25, -0.2) is 18.1 Å². The SMILES string of the molecule is O=C(CCS(=O)(=O)c1ccc2c(c1)CCC2)Nc1cccnc1-n1cccn1. The van der Waals surface area contributed by atoms with E-state index in [-0.39, 0.29) is 18.1 Å². The number of nitrogens with one attached hydrogen (secondary N) is 1. The molecular formula is C20H20N4O3S. The lowest BCUT2D eigenvalue weighted by atomic mass is 10.1. The van der Waals surface area contributed by atoms with Gasteiger partial charge in [-0.1, -0.05) is 6.07 Å². The Labute approximate surface area is 163 Å². The van der Waals surface area contributed by atoms with Crippen LogP contribution >= 0.6 is 0 Å². The predicted molar refractivity (Wildman–Crippen MR) is 105 cm³/mol. The van der Waals surface area contributed by atoms with Crippen LogP contribution in [-0.4, -0.2) is 34.8 Å². The molecule has 28 heavy (non-hydrogen) atoms. The number of hydrogen-bond donors (Lipinski definition) is 1. The zero-order valence-electron chi connectivity index (χ0n) is 15.2. The molecule has 0 unspecified atom stereocenters. The maximum absolute atomic E-state index is 12.6. The Morgan fingerprint density at radius 1 is 1.11 bits per heavy atom. The number of aryl methyl sites for hydroxylation is 2. The molecule has 0 fully saturated rings. The maximum atomic E-state index is 12.6. The minimum Gasteiger partial charge on any atom is -0.323 e. The highest BCUT2D eigenvalue weighted by atomic mass is 32.2. The Bertz CT molecular complexity index is 1110. The van der Waals surface area contributed by atoms with E-state index >= 15 is 0 Å². The number of aromatic nitrogens is 3. The van der Waals surface area contributed by atoms with Crippen molar-refractivity contribution >= 4 is 21.4 Å². The van der Waals surface area contributed by atoms with Gasteiger partial charge >= 0.3 is 0 Å². The molecule has 1 amide bonds. The molecule has 0 atom stereocenters. The molecule has 0 radical (unpaired) electrons. The van der Waals surface area contributed by atoms with Crippen LogP contribution < -0.4 is 5.32 Å². The highest BCUT2D eigenvalue weighted by Gasteiger charge is 2.20. The fourth-order valence-corrected chi connectivity index (χ4v) is 4.66. The molecule has 0 aliphatic heterocycles. The number of carbonyl (C=O) groups excluding carboxylic acids is 1. The van der Waals surface area contributed by atoms with Gasteiger partial charge in [0.1, 0.15) is 0 Å². The minimum atomic E-state index is -3.52. The van der Waals surface area contributed by atoms with Crippen LogP contribution in [0, 0.1) is 0 Å². The first-order valence-corrected chi connectivity index (χ1v) is 10.8. The number of pyridine rings is 1. The Morgan fingerprint density at radius 3 is 2.79 bits per heavy atom. The third-order valence-corrected chi connectivity index (χ3v) is 6.52. The normalized spacial score (nSPS) is 13.3. The topological polar surface area (TPSA) is 94.0 Å². The van der Waals surface area contributed by atoms with E-state index in [1.165, 1.54) is 10.2 Å². The second-order valence-corrected chi connectivity index (χ2v) is 8.84. The number of nitrogens with zero attached hydrogens (tertiary/aromatic N) is 3. The second-order valence-electron chi connectivity index (χ2n) is 6.73. The van der Waals surface area contributed by atoms with Crippen molar-refractivity contribution in [1.29, 1.82) is 0 Å². The number of anilines is 1. The quantitative estimate of drug-likeness (QED) is 0.691. The van der Waals surface area contributed by atoms with Crippen molar-refractivity contribution in [2.24, 2.45) is 0 Å². The van der Waals surface area contributed by atoms with Gasteiger partial charge in [0.2, 0.25) is 5.91 Å². The molecule has 2 heterocycles. The van der Waals surface area contributed by atoms with Gasteiger partial charge in [0.25, 0.3) is 0 Å². The van der Waals surface area contributed by atoms with Gasteiger partial charge in [-0.05, 0) is 60.7 Å². The number of benzene rings is 1. The number of rotatable bonds is 6. The van der Waals surface area contributed by atoms with Crippen molar-refractivity contribution in [3.05, 3.63) is 66.1 Å². The summed E-state index contributed by atoms with van der Waals surface area (Å²) < 4.78 is 26.8. The first-order chi connectivity index (χ1) is 13.5. The minimum absolute atomic E-state index is 0.132. The Hall–Kier alpha value is -3.00. The van der Waals surface area contributed by atoms with E-state index in [0.717, 1.165) is 24.8 Å². The lowest BCUT2D eigenvalue weighted by Gasteiger charge is -2.10. The monoisotopic (exact) mass is 396 g/mol. The summed E-state index contributed by atoms with van der Waals surface area (Å²) in [5.74, 6) is -0.150. The van der Waals surface area contributed by atoms with Crippen molar-refractivity contribution in [2.75, 3.05) is 11.1 Å². The third-order valence-electron chi connectivity index (χ3n) is 4.81. The zero-order valence-corrected chi connectivity index (χ0v) is 16.0. The predicted octanol–water partition coefficient (Wildman–Crippen LogP) is 2.56. The van der Waals surface area contributed by atoms with Gasteiger partial charge in [0, 0.05) is 25.0 Å². The maximum Gasteiger partial charge on any atom is 0.225 e. The Balaban J connectivity index is 1.44. The fourth-order valence-electron chi connectivity index (χ4n) is 3.37. The van der Waals surface area contributed by atoms with Crippen molar-refractivity contribution < 1.29 is 13.2 Å². The zero-order chi connectivity index (χ0) is 19.6. The molecule has 144 valence electrons. The highest BCUT2D eigenvalue weighted by molar-refractivity contribution is 7.91. The molecule has 4 rings (SSSR count). The van der Waals surface area contributed by atoms with E-state index in [9.17, 15) is 13.2 Å². The van der Waals surface area contributed by atoms with Crippen LogP contribution in [0.2, 0.25) is 0 Å². The van der Waals surface area contributed by atoms with Gasteiger partial charge in [-0.15, -0.1) is 0 Å². The molecule has 0 saturated carbocycles. The van der Waals surface area contributed by atoms with Crippen molar-refractivity contribution in [2.45, 2.75) is 30.6 Å². The van der Waals surface area contributed by atoms with Crippen LogP contribution in [0.5, 0.6) is 0 Å². The van der Waals surface area contributed by atoms with Crippen LogP contribution in [0.25, 0.3) is 5.82 Å². The summed E-state index contributed by atoms with van der Waals surface area (Å²) in [5.41, 5.74) is 2.80. The van der Waals surface area contributed by atoms with Gasteiger partial charge in [-0.2, -0.15) is 5.10 Å². The average molecular weight is 396 g/mol. The largest absolute Gasteiger partial charge is 0.323 e. The number of fused-ring (bicyclic) bond motifs is 1. The molecule has 0 saturated heterocycles. The molecule has 8 heteroatoms. The highest BCUT2D eigenvalue weighted by Crippen LogP contribution is 2.25. The van der Waals surface area contributed by atoms with E-state index in [0.29, 0.717) is 16.4 Å². The van der Waals surface area contributed by atoms with Crippen LogP contribution in [-0.2, 0) is 27.5 Å². The second kappa shape index (κ2) is 7.55. The smallest absolute Gasteiger partial charge is 0.225 e. The van der Waals surface area contributed by atoms with Crippen LogP contribution in [0.3, 0.4) is 0 Å². The van der Waals surface area contributed by atoms with Gasteiger partial charge in [0.05, 0.1) is 16.3 Å². The van der Waals surface area contributed by atoms with Crippen molar-refractivity contribution in [3.63, 3.8) is 0 Å². The average Bonchev–Trinajstić information content (AvgIpc) is 3.38. The molecule has 3 aromatic rings. The summed E-state index contributed by atoms with van der Waals surface area (Å²) >= 11 is 0. The fraction of sp³-hybridized carbons (Fsp3) is 0.250. The number of hydrogen-bond acceptors (Lipinski definition) is 5. The first kappa shape index (κ1) is 18.4. The third kappa shape index (κ3) is 3.82. The summed E-state index contributed by atoms with van der Waals surface area (Å²) in [7, 11) is -3.52. The lowest BCUT2D eigenvalue weighted by molar-refractivity contribution is -0.115. The van der Waals surface area contributed by atoms with Crippen LogP contribution in [0.4, 0.5) is 5.69 Å². The van der Waals surface area contributed by atoms with Gasteiger partial charge < -0.3 is 5.32 Å². The number of carbonyl (C=O) groups is 1. The first-order valence-electron chi connectivity index (χ1n) is 9.12. The standard InChI is InChI=1S/C20H20N4O3S/c25-19(23-18-6-2-10-21-20(18)24-12-3-11-22-24)9-13-28(26,27)17-8-7-15-4-1-5-16(15)14-17/h2-3,6-8,10-12,14H,1,4-5,9,13H2,(H,23,25). The van der Waals surface area contributed by atoms with E-state index in [2.05, 4.69) is 15.4 Å².